The topological polar surface area (TPSA) is 45.5 Å². The van der Waals surface area contributed by atoms with Gasteiger partial charge in [0.2, 0.25) is 0 Å². The lowest BCUT2D eigenvalue weighted by molar-refractivity contribution is 0.188. The molecule has 0 saturated heterocycles. The SMILES string of the molecule is C=C(F)C1=C(CC(=CC)C(C)=CC(=C)c2cn(C)cn2)CCC1Oc1ccc2c(c1)OCC2CCCOC. The first kappa shape index (κ1) is 27.6. The third-order valence-corrected chi connectivity index (χ3v) is 7.43. The Bertz CT molecular complexity index is 1280. The number of nitrogens with zero attached hydrogens (tertiary/aromatic N) is 2. The average Bonchev–Trinajstić information content (AvgIpc) is 3.61. The molecule has 0 N–H and O–H groups in total. The Morgan fingerprint density at radius 2 is 2.13 bits per heavy atom. The molecule has 0 bridgehead atoms. The second-order valence-corrected chi connectivity index (χ2v) is 10.2. The fraction of sp³-hybridized carbons (Fsp3) is 0.406. The van der Waals surface area contributed by atoms with Crippen LogP contribution in [0, 0.1) is 0 Å². The highest BCUT2D eigenvalue weighted by molar-refractivity contribution is 5.71. The molecule has 1 aliphatic carbocycles. The van der Waals surface area contributed by atoms with Gasteiger partial charge >= 0.3 is 0 Å². The molecule has 202 valence electrons. The van der Waals surface area contributed by atoms with E-state index in [0.717, 1.165) is 59.6 Å². The van der Waals surface area contributed by atoms with E-state index >= 15 is 0 Å². The Balaban J connectivity index is 1.47. The number of hydrogen-bond donors (Lipinski definition) is 0. The zero-order valence-electron chi connectivity index (χ0n) is 23.1. The van der Waals surface area contributed by atoms with E-state index in [-0.39, 0.29) is 6.10 Å². The summed E-state index contributed by atoms with van der Waals surface area (Å²) < 4.78 is 34.1. The van der Waals surface area contributed by atoms with Gasteiger partial charge < -0.3 is 18.8 Å². The van der Waals surface area contributed by atoms with E-state index in [9.17, 15) is 4.39 Å². The van der Waals surface area contributed by atoms with Crippen LogP contribution < -0.4 is 9.47 Å². The van der Waals surface area contributed by atoms with Gasteiger partial charge in [-0.25, -0.2) is 9.37 Å². The summed E-state index contributed by atoms with van der Waals surface area (Å²) in [7, 11) is 3.66. The number of aryl methyl sites for hydroxylation is 1. The van der Waals surface area contributed by atoms with Crippen molar-refractivity contribution in [1.29, 1.82) is 0 Å². The molecular formula is C32H39FN2O3. The summed E-state index contributed by atoms with van der Waals surface area (Å²) in [5.41, 5.74) is 6.72. The standard InChI is InChI=1S/C32H39FN2O3/c1-7-24(21(2)15-22(3)29-18-35(5)20-34-29)16-25-10-13-30(32(25)23(4)33)38-27-11-12-28-26(9-8-14-36-6)19-37-31(28)17-27/h7,11-12,15,17-18,20,26,30H,3-4,8-10,13-14,16,19H2,1-2,5-6H3. The van der Waals surface area contributed by atoms with E-state index in [0.29, 0.717) is 36.7 Å². The Morgan fingerprint density at radius 3 is 2.82 bits per heavy atom. The summed E-state index contributed by atoms with van der Waals surface area (Å²) in [6.45, 7) is 13.3. The van der Waals surface area contributed by atoms with Crippen LogP contribution in [0.2, 0.25) is 0 Å². The molecule has 0 spiro atoms. The molecule has 2 aliphatic rings. The summed E-state index contributed by atoms with van der Waals surface area (Å²) in [4.78, 5) is 4.38. The van der Waals surface area contributed by atoms with Gasteiger partial charge in [-0.2, -0.15) is 0 Å². The van der Waals surface area contributed by atoms with Gasteiger partial charge in [-0.15, -0.1) is 0 Å². The molecule has 6 heteroatoms. The van der Waals surface area contributed by atoms with Crippen molar-refractivity contribution in [2.24, 2.45) is 7.05 Å². The average molecular weight is 519 g/mol. The van der Waals surface area contributed by atoms with Gasteiger partial charge in [0.05, 0.1) is 18.6 Å². The highest BCUT2D eigenvalue weighted by Crippen LogP contribution is 2.42. The minimum atomic E-state index is -0.423. The van der Waals surface area contributed by atoms with Crippen molar-refractivity contribution >= 4 is 5.57 Å². The maximum atomic E-state index is 14.8. The van der Waals surface area contributed by atoms with Crippen molar-refractivity contribution in [3.8, 4) is 11.5 Å². The number of aromatic nitrogens is 2. The van der Waals surface area contributed by atoms with Crippen LogP contribution in [0.1, 0.15) is 63.1 Å². The first-order chi connectivity index (χ1) is 18.3. The number of imidazole rings is 1. The minimum Gasteiger partial charge on any atom is -0.493 e. The lowest BCUT2D eigenvalue weighted by Crippen LogP contribution is -2.16. The van der Waals surface area contributed by atoms with Crippen molar-refractivity contribution in [2.75, 3.05) is 20.3 Å². The van der Waals surface area contributed by atoms with E-state index in [2.05, 4.69) is 37.2 Å². The Labute approximate surface area is 226 Å². The van der Waals surface area contributed by atoms with Crippen LogP contribution in [-0.2, 0) is 11.8 Å². The summed E-state index contributed by atoms with van der Waals surface area (Å²) >= 11 is 0. The molecule has 2 aromatic rings. The molecule has 0 saturated carbocycles. The molecule has 5 nitrogen and oxygen atoms in total. The quantitative estimate of drug-likeness (QED) is 0.214. The molecule has 1 aliphatic heterocycles. The zero-order chi connectivity index (χ0) is 27.2. The maximum absolute atomic E-state index is 14.8. The molecule has 0 radical (unpaired) electrons. The van der Waals surface area contributed by atoms with Gasteiger partial charge in [-0.05, 0) is 68.7 Å². The number of methoxy groups -OCH3 is 1. The molecule has 1 aromatic carbocycles. The summed E-state index contributed by atoms with van der Waals surface area (Å²) in [5, 5.41) is 0. The van der Waals surface area contributed by atoms with E-state index in [1.165, 1.54) is 5.56 Å². The van der Waals surface area contributed by atoms with Crippen LogP contribution in [0.15, 0.2) is 84.2 Å². The number of benzene rings is 1. The number of fused-ring (bicyclic) bond motifs is 1. The van der Waals surface area contributed by atoms with E-state index in [1.54, 1.807) is 13.4 Å². The predicted molar refractivity (Wildman–Crippen MR) is 151 cm³/mol. The second kappa shape index (κ2) is 12.4. The number of ether oxygens (including phenoxy) is 3. The molecular weight excluding hydrogens is 479 g/mol. The molecule has 2 atom stereocenters. The van der Waals surface area contributed by atoms with Crippen molar-refractivity contribution < 1.29 is 18.6 Å². The van der Waals surface area contributed by atoms with Crippen molar-refractivity contribution in [3.05, 3.63) is 95.4 Å². The van der Waals surface area contributed by atoms with Crippen LogP contribution in [0.3, 0.4) is 0 Å². The third kappa shape index (κ3) is 6.36. The fourth-order valence-electron chi connectivity index (χ4n) is 5.39. The van der Waals surface area contributed by atoms with Crippen molar-refractivity contribution in [3.63, 3.8) is 0 Å². The summed E-state index contributed by atoms with van der Waals surface area (Å²) in [5.74, 6) is 1.50. The van der Waals surface area contributed by atoms with Crippen LogP contribution in [0.4, 0.5) is 4.39 Å². The third-order valence-electron chi connectivity index (χ3n) is 7.43. The van der Waals surface area contributed by atoms with E-state index < -0.39 is 5.83 Å². The minimum absolute atomic E-state index is 0.370. The van der Waals surface area contributed by atoms with Gasteiger partial charge in [0.25, 0.3) is 0 Å². The number of hydrogen-bond acceptors (Lipinski definition) is 4. The van der Waals surface area contributed by atoms with Crippen LogP contribution in [0.5, 0.6) is 11.5 Å². The zero-order valence-corrected chi connectivity index (χ0v) is 23.1. The number of halogens is 1. The second-order valence-electron chi connectivity index (χ2n) is 10.2. The molecule has 38 heavy (non-hydrogen) atoms. The highest BCUT2D eigenvalue weighted by Gasteiger charge is 2.31. The normalized spacial score (nSPS) is 19.5. The van der Waals surface area contributed by atoms with E-state index in [1.807, 2.05) is 42.9 Å². The Hall–Kier alpha value is -3.38. The van der Waals surface area contributed by atoms with Gasteiger partial charge in [-0.3, -0.25) is 0 Å². The highest BCUT2D eigenvalue weighted by atomic mass is 19.1. The largest absolute Gasteiger partial charge is 0.493 e. The number of rotatable bonds is 12. The van der Waals surface area contributed by atoms with Gasteiger partial charge in [0.15, 0.2) is 0 Å². The molecule has 2 unspecified atom stereocenters. The predicted octanol–water partition coefficient (Wildman–Crippen LogP) is 7.64. The molecule has 0 amide bonds. The molecule has 4 rings (SSSR count). The smallest absolute Gasteiger partial charge is 0.127 e. The first-order valence-corrected chi connectivity index (χ1v) is 13.3. The summed E-state index contributed by atoms with van der Waals surface area (Å²) in [6, 6.07) is 6.00. The molecule has 1 aromatic heterocycles. The summed E-state index contributed by atoms with van der Waals surface area (Å²) in [6.07, 6.45) is 11.6. The van der Waals surface area contributed by atoms with Gasteiger partial charge in [-0.1, -0.05) is 36.9 Å². The Morgan fingerprint density at radius 1 is 1.32 bits per heavy atom. The van der Waals surface area contributed by atoms with Crippen LogP contribution in [-0.4, -0.2) is 36.0 Å². The van der Waals surface area contributed by atoms with Crippen molar-refractivity contribution in [1.82, 2.24) is 9.55 Å². The van der Waals surface area contributed by atoms with Crippen LogP contribution in [0.25, 0.3) is 5.57 Å². The van der Waals surface area contributed by atoms with Gasteiger partial charge in [0.1, 0.15) is 23.4 Å². The van der Waals surface area contributed by atoms with E-state index in [4.69, 9.17) is 14.2 Å². The molecule has 2 heterocycles. The van der Waals surface area contributed by atoms with Gasteiger partial charge in [0, 0.05) is 50.1 Å². The molecule has 0 fully saturated rings. The number of allylic oxidation sites excluding steroid dienone is 6. The monoisotopic (exact) mass is 518 g/mol. The first-order valence-electron chi connectivity index (χ1n) is 13.3. The lowest BCUT2D eigenvalue weighted by Gasteiger charge is -2.18. The fourth-order valence-corrected chi connectivity index (χ4v) is 5.39. The Kier molecular flexibility index (Phi) is 9.05. The lowest BCUT2D eigenvalue weighted by atomic mass is 9.94. The van der Waals surface area contributed by atoms with Crippen LogP contribution >= 0.6 is 0 Å². The van der Waals surface area contributed by atoms with Crippen molar-refractivity contribution in [2.45, 2.75) is 58.0 Å². The maximum Gasteiger partial charge on any atom is 0.127 e.